The van der Waals surface area contributed by atoms with E-state index in [1.54, 1.807) is 4.68 Å². The molecule has 0 saturated carbocycles. The summed E-state index contributed by atoms with van der Waals surface area (Å²) in [5, 5.41) is 17.0. The van der Waals surface area contributed by atoms with Gasteiger partial charge >= 0.3 is 0 Å². The van der Waals surface area contributed by atoms with Crippen LogP contribution in [-0.2, 0) is 13.0 Å². The lowest BCUT2D eigenvalue weighted by Gasteiger charge is -2.15. The fourth-order valence-corrected chi connectivity index (χ4v) is 1.61. The van der Waals surface area contributed by atoms with Gasteiger partial charge in [0.2, 0.25) is 0 Å². The van der Waals surface area contributed by atoms with E-state index in [0.717, 1.165) is 18.7 Å². The zero-order valence-corrected chi connectivity index (χ0v) is 11.0. The summed E-state index contributed by atoms with van der Waals surface area (Å²) in [6, 6.07) is 0. The van der Waals surface area contributed by atoms with Gasteiger partial charge in [-0.15, -0.1) is 5.10 Å². The summed E-state index contributed by atoms with van der Waals surface area (Å²) in [6.07, 6.45) is 1.34. The molecular weight excluding hydrogens is 218 g/mol. The highest BCUT2D eigenvalue weighted by molar-refractivity contribution is 5.98. The smallest absolute Gasteiger partial charge is 0.190 e. The van der Waals surface area contributed by atoms with Crippen molar-refractivity contribution in [3.63, 3.8) is 0 Å². The molecule has 96 valence electrons. The standard InChI is InChI=1S/C12H21N3O2/c1-5-7-15-9(6-8-16)10(13-14-15)11(17)12(2,3)4/h16H,5-8H2,1-4H3. The minimum absolute atomic E-state index is 0.00150. The third kappa shape index (κ3) is 3.12. The Morgan fingerprint density at radius 3 is 2.53 bits per heavy atom. The molecule has 0 bridgehead atoms. The van der Waals surface area contributed by atoms with Gasteiger partial charge in [-0.25, -0.2) is 4.68 Å². The lowest BCUT2D eigenvalue weighted by atomic mass is 9.88. The Hall–Kier alpha value is -1.23. The zero-order valence-electron chi connectivity index (χ0n) is 11.0. The number of aliphatic hydroxyl groups is 1. The van der Waals surface area contributed by atoms with Crippen molar-refractivity contribution in [1.82, 2.24) is 15.0 Å². The number of hydrogen-bond acceptors (Lipinski definition) is 4. The maximum atomic E-state index is 12.2. The van der Waals surface area contributed by atoms with E-state index in [9.17, 15) is 4.79 Å². The highest BCUT2D eigenvalue weighted by Crippen LogP contribution is 2.22. The first-order chi connectivity index (χ1) is 7.91. The van der Waals surface area contributed by atoms with Crippen LogP contribution in [0.4, 0.5) is 0 Å². The second-order valence-electron chi connectivity index (χ2n) is 5.16. The highest BCUT2D eigenvalue weighted by Gasteiger charge is 2.28. The van der Waals surface area contributed by atoms with Gasteiger partial charge in [0, 0.05) is 25.0 Å². The molecule has 0 spiro atoms. The fraction of sp³-hybridized carbons (Fsp3) is 0.750. The van der Waals surface area contributed by atoms with Crippen LogP contribution in [0, 0.1) is 5.41 Å². The molecule has 0 saturated heterocycles. The fourth-order valence-electron chi connectivity index (χ4n) is 1.61. The third-order valence-corrected chi connectivity index (χ3v) is 2.52. The number of carbonyl (C=O) groups is 1. The quantitative estimate of drug-likeness (QED) is 0.790. The van der Waals surface area contributed by atoms with E-state index in [1.165, 1.54) is 0 Å². The van der Waals surface area contributed by atoms with E-state index in [2.05, 4.69) is 10.3 Å². The van der Waals surface area contributed by atoms with E-state index < -0.39 is 5.41 Å². The number of aromatic nitrogens is 3. The normalized spacial score (nSPS) is 11.8. The molecule has 1 N–H and O–H groups in total. The molecule has 0 fully saturated rings. The Bertz CT molecular complexity index is 391. The maximum absolute atomic E-state index is 12.2. The average molecular weight is 239 g/mol. The number of aliphatic hydroxyl groups excluding tert-OH is 1. The first kappa shape index (κ1) is 13.8. The lowest BCUT2D eigenvalue weighted by molar-refractivity contribution is 0.0851. The van der Waals surface area contributed by atoms with Crippen LogP contribution < -0.4 is 0 Å². The van der Waals surface area contributed by atoms with Crippen molar-refractivity contribution >= 4 is 5.78 Å². The van der Waals surface area contributed by atoms with E-state index in [4.69, 9.17) is 5.11 Å². The van der Waals surface area contributed by atoms with Crippen molar-refractivity contribution in [1.29, 1.82) is 0 Å². The summed E-state index contributed by atoms with van der Waals surface area (Å²) in [5.74, 6) is -0.0247. The maximum Gasteiger partial charge on any atom is 0.190 e. The van der Waals surface area contributed by atoms with E-state index in [0.29, 0.717) is 12.1 Å². The average Bonchev–Trinajstić information content (AvgIpc) is 2.61. The summed E-state index contributed by atoms with van der Waals surface area (Å²) in [7, 11) is 0. The van der Waals surface area contributed by atoms with Gasteiger partial charge in [0.05, 0.1) is 5.69 Å². The number of hydrogen-bond donors (Lipinski definition) is 1. The minimum atomic E-state index is -0.475. The summed E-state index contributed by atoms with van der Waals surface area (Å²) < 4.78 is 1.72. The first-order valence-electron chi connectivity index (χ1n) is 5.99. The van der Waals surface area contributed by atoms with Crippen molar-refractivity contribution in [3.8, 4) is 0 Å². The van der Waals surface area contributed by atoms with Gasteiger partial charge in [0.15, 0.2) is 11.5 Å². The van der Waals surface area contributed by atoms with Crippen LogP contribution in [0.25, 0.3) is 0 Å². The van der Waals surface area contributed by atoms with Crippen LogP contribution in [0.2, 0.25) is 0 Å². The summed E-state index contributed by atoms with van der Waals surface area (Å²) in [4.78, 5) is 12.2. The second kappa shape index (κ2) is 5.40. The van der Waals surface area contributed by atoms with Gasteiger partial charge in [-0.1, -0.05) is 32.9 Å². The number of carbonyl (C=O) groups excluding carboxylic acids is 1. The Balaban J connectivity index is 3.11. The monoisotopic (exact) mass is 239 g/mol. The molecule has 5 nitrogen and oxygen atoms in total. The molecule has 5 heteroatoms. The SMILES string of the molecule is CCCn1nnc(C(=O)C(C)(C)C)c1CCO. The molecule has 17 heavy (non-hydrogen) atoms. The molecule has 1 aromatic heterocycles. The molecule has 0 aliphatic rings. The first-order valence-corrected chi connectivity index (χ1v) is 5.99. The third-order valence-electron chi connectivity index (χ3n) is 2.52. The zero-order chi connectivity index (χ0) is 13.1. The molecule has 1 aromatic rings. The molecule has 1 heterocycles. The Morgan fingerprint density at radius 2 is 2.06 bits per heavy atom. The van der Waals surface area contributed by atoms with Gasteiger partial charge in [-0.05, 0) is 6.42 Å². The Labute approximate surface area is 102 Å². The van der Waals surface area contributed by atoms with Gasteiger partial charge in [0.25, 0.3) is 0 Å². The van der Waals surface area contributed by atoms with Crippen LogP contribution in [0.5, 0.6) is 0 Å². The van der Waals surface area contributed by atoms with Gasteiger partial charge in [-0.3, -0.25) is 4.79 Å². The van der Waals surface area contributed by atoms with Gasteiger partial charge in [0.1, 0.15) is 0 Å². The highest BCUT2D eigenvalue weighted by atomic mass is 16.3. The summed E-state index contributed by atoms with van der Waals surface area (Å²) >= 11 is 0. The van der Waals surface area contributed by atoms with Crippen LogP contribution in [0.15, 0.2) is 0 Å². The Kier molecular flexibility index (Phi) is 4.40. The number of aryl methyl sites for hydroxylation is 1. The molecule has 0 atom stereocenters. The summed E-state index contributed by atoms with van der Waals surface area (Å²) in [5.41, 5.74) is 0.673. The predicted octanol–water partition coefficient (Wildman–Crippen LogP) is 1.45. The number of rotatable bonds is 5. The van der Waals surface area contributed by atoms with E-state index in [1.807, 2.05) is 27.7 Å². The topological polar surface area (TPSA) is 68.0 Å². The van der Waals surface area contributed by atoms with Crippen molar-refractivity contribution in [2.45, 2.75) is 47.1 Å². The van der Waals surface area contributed by atoms with E-state index >= 15 is 0 Å². The number of Topliss-reactive ketones (excluding diaryl/α,β-unsaturated/α-hetero) is 1. The minimum Gasteiger partial charge on any atom is -0.396 e. The molecule has 0 unspecified atom stereocenters. The molecule has 0 aromatic carbocycles. The van der Waals surface area contributed by atoms with Crippen molar-refractivity contribution in [2.24, 2.45) is 5.41 Å². The van der Waals surface area contributed by atoms with Crippen molar-refractivity contribution in [2.75, 3.05) is 6.61 Å². The van der Waals surface area contributed by atoms with Crippen molar-refractivity contribution in [3.05, 3.63) is 11.4 Å². The lowest BCUT2D eigenvalue weighted by Crippen LogP contribution is -2.22. The van der Waals surface area contributed by atoms with Crippen molar-refractivity contribution < 1.29 is 9.90 Å². The Morgan fingerprint density at radius 1 is 1.41 bits per heavy atom. The second-order valence-corrected chi connectivity index (χ2v) is 5.16. The van der Waals surface area contributed by atoms with E-state index in [-0.39, 0.29) is 12.4 Å². The molecule has 0 aliphatic carbocycles. The predicted molar refractivity (Wildman–Crippen MR) is 64.9 cm³/mol. The van der Waals surface area contributed by atoms with Crippen LogP contribution in [0.1, 0.15) is 50.3 Å². The molecular formula is C12H21N3O2. The summed E-state index contributed by atoms with van der Waals surface area (Å²) in [6.45, 7) is 8.33. The number of ketones is 1. The molecule has 0 aliphatic heterocycles. The van der Waals surface area contributed by atoms with Crippen LogP contribution in [0.3, 0.4) is 0 Å². The van der Waals surface area contributed by atoms with Gasteiger partial charge < -0.3 is 5.11 Å². The molecule has 0 amide bonds. The molecule has 1 rings (SSSR count). The van der Waals surface area contributed by atoms with Gasteiger partial charge in [-0.2, -0.15) is 0 Å². The van der Waals surface area contributed by atoms with Crippen LogP contribution >= 0.6 is 0 Å². The largest absolute Gasteiger partial charge is 0.396 e. The van der Waals surface area contributed by atoms with Crippen LogP contribution in [-0.4, -0.2) is 32.5 Å². The molecule has 0 radical (unpaired) electrons. The number of nitrogens with zero attached hydrogens (tertiary/aromatic N) is 3.